The number of halogens is 2. The Labute approximate surface area is 170 Å². The van der Waals surface area contributed by atoms with E-state index in [-0.39, 0.29) is 0 Å². The van der Waals surface area contributed by atoms with Crippen LogP contribution in [0.3, 0.4) is 0 Å². The molecule has 0 bridgehead atoms. The molecule has 1 aliphatic heterocycles. The van der Waals surface area contributed by atoms with Gasteiger partial charge in [-0.2, -0.15) is 0 Å². The van der Waals surface area contributed by atoms with Gasteiger partial charge in [-0.15, -0.1) is 0 Å². The number of aliphatic hydroxyl groups is 1. The van der Waals surface area contributed by atoms with Gasteiger partial charge >= 0.3 is 0 Å². The van der Waals surface area contributed by atoms with E-state index in [1.54, 1.807) is 0 Å². The summed E-state index contributed by atoms with van der Waals surface area (Å²) in [7, 11) is 0. The van der Waals surface area contributed by atoms with Crippen LogP contribution in [0.1, 0.15) is 20.3 Å². The first-order valence-electron chi connectivity index (χ1n) is 9.68. The summed E-state index contributed by atoms with van der Waals surface area (Å²) in [4.78, 5) is 2.41. The lowest BCUT2D eigenvalue weighted by molar-refractivity contribution is 0.0626. The molecule has 1 aromatic heterocycles. The minimum absolute atomic E-state index is 0.423. The summed E-state index contributed by atoms with van der Waals surface area (Å²) in [5, 5.41) is 14.4. The lowest BCUT2D eigenvalue weighted by atomic mass is 9.92. The zero-order valence-corrected chi connectivity index (χ0v) is 17.3. The molecule has 144 valence electrons. The van der Waals surface area contributed by atoms with Crippen LogP contribution in [0, 0.1) is 11.8 Å². The summed E-state index contributed by atoms with van der Waals surface area (Å²) in [6.45, 7) is 8.00. The second-order valence-electron chi connectivity index (χ2n) is 8.25. The molecule has 0 saturated carbocycles. The number of rotatable bonds is 4. The Kier molecular flexibility index (Phi) is 5.39. The van der Waals surface area contributed by atoms with Gasteiger partial charge in [-0.25, -0.2) is 0 Å². The van der Waals surface area contributed by atoms with E-state index in [0.717, 1.165) is 34.9 Å². The molecule has 5 heteroatoms. The predicted molar refractivity (Wildman–Crippen MR) is 115 cm³/mol. The summed E-state index contributed by atoms with van der Waals surface area (Å²) in [6.07, 6.45) is 0.855. The Balaban J connectivity index is 1.64. The van der Waals surface area contributed by atoms with Gasteiger partial charge in [0.2, 0.25) is 0 Å². The van der Waals surface area contributed by atoms with Crippen molar-refractivity contribution in [3.8, 4) is 0 Å². The van der Waals surface area contributed by atoms with E-state index in [4.69, 9.17) is 23.2 Å². The molecular formula is C22H26Cl2N2O. The number of piperidine rings is 1. The fraction of sp³-hybridized carbons (Fsp3) is 0.455. The van der Waals surface area contributed by atoms with Crippen LogP contribution in [0.5, 0.6) is 0 Å². The highest BCUT2D eigenvalue weighted by atomic mass is 35.5. The van der Waals surface area contributed by atoms with Crippen molar-refractivity contribution in [2.75, 3.05) is 19.6 Å². The minimum atomic E-state index is -0.423. The van der Waals surface area contributed by atoms with E-state index in [1.807, 2.05) is 36.4 Å². The summed E-state index contributed by atoms with van der Waals surface area (Å²) in [5.41, 5.74) is 2.16. The molecule has 1 fully saturated rings. The molecule has 2 heterocycles. The highest BCUT2D eigenvalue weighted by Crippen LogP contribution is 2.33. The lowest BCUT2D eigenvalue weighted by Crippen LogP contribution is -2.43. The average molecular weight is 405 g/mol. The van der Waals surface area contributed by atoms with Crippen molar-refractivity contribution in [3.63, 3.8) is 0 Å². The van der Waals surface area contributed by atoms with Crippen LogP contribution in [-0.2, 0) is 6.54 Å². The maximum atomic E-state index is 10.9. The van der Waals surface area contributed by atoms with Crippen LogP contribution in [0.15, 0.2) is 36.4 Å². The molecule has 3 nitrogen and oxygen atoms in total. The van der Waals surface area contributed by atoms with E-state index in [1.165, 1.54) is 6.42 Å². The third kappa shape index (κ3) is 3.97. The van der Waals surface area contributed by atoms with E-state index in [0.29, 0.717) is 35.0 Å². The molecule has 27 heavy (non-hydrogen) atoms. The van der Waals surface area contributed by atoms with Crippen LogP contribution in [0.4, 0.5) is 0 Å². The van der Waals surface area contributed by atoms with Gasteiger partial charge in [0.25, 0.3) is 0 Å². The van der Waals surface area contributed by atoms with Gasteiger partial charge in [0.15, 0.2) is 0 Å². The second-order valence-corrected chi connectivity index (χ2v) is 9.12. The Morgan fingerprint density at radius 3 is 1.96 bits per heavy atom. The highest BCUT2D eigenvalue weighted by Gasteiger charge is 2.24. The minimum Gasteiger partial charge on any atom is -0.390 e. The Morgan fingerprint density at radius 1 is 0.926 bits per heavy atom. The largest absolute Gasteiger partial charge is 0.390 e. The summed E-state index contributed by atoms with van der Waals surface area (Å²) < 4.78 is 2.19. The maximum absolute atomic E-state index is 10.9. The van der Waals surface area contributed by atoms with Crippen molar-refractivity contribution in [3.05, 3.63) is 46.4 Å². The predicted octanol–water partition coefficient (Wildman–Crippen LogP) is 5.44. The van der Waals surface area contributed by atoms with Crippen molar-refractivity contribution in [1.29, 1.82) is 0 Å². The Hall–Kier alpha value is -1.26. The quantitative estimate of drug-likeness (QED) is 0.626. The number of β-amino-alcohol motifs (C(OH)–C–C–N with tert-alkyl or cyclic N) is 1. The van der Waals surface area contributed by atoms with Crippen molar-refractivity contribution >= 4 is 45.0 Å². The number of likely N-dealkylation sites (tertiary alicyclic amines) is 1. The van der Waals surface area contributed by atoms with Gasteiger partial charge in [0.05, 0.1) is 12.6 Å². The third-order valence-electron chi connectivity index (χ3n) is 5.60. The molecule has 0 aliphatic carbocycles. The van der Waals surface area contributed by atoms with Crippen molar-refractivity contribution in [1.82, 2.24) is 9.47 Å². The zero-order valence-electron chi connectivity index (χ0n) is 15.8. The third-order valence-corrected chi connectivity index (χ3v) is 6.07. The normalized spacial score (nSPS) is 22.6. The molecule has 3 atom stereocenters. The van der Waals surface area contributed by atoms with Crippen LogP contribution in [-0.4, -0.2) is 40.3 Å². The first kappa shape index (κ1) is 19.1. The summed E-state index contributed by atoms with van der Waals surface area (Å²) in [5.74, 6) is 1.39. The van der Waals surface area contributed by atoms with Crippen LogP contribution >= 0.6 is 23.2 Å². The molecule has 0 amide bonds. The van der Waals surface area contributed by atoms with Gasteiger partial charge in [-0.05, 0) is 54.7 Å². The van der Waals surface area contributed by atoms with E-state index < -0.39 is 6.10 Å². The first-order chi connectivity index (χ1) is 12.9. The number of aromatic nitrogens is 1. The van der Waals surface area contributed by atoms with Gasteiger partial charge in [-0.1, -0.05) is 37.0 Å². The molecular weight excluding hydrogens is 379 g/mol. The standard InChI is InChI=1S/C22H26Cl2N2O/c1-14-7-15(2)11-25(10-14)12-18(27)13-26-21-5-3-16(23)8-19(21)20-9-17(24)4-6-22(20)26/h3-6,8-9,14-15,18,27H,7,10-13H2,1-2H3/t14-,15-,18-/m0/s1. The molecule has 4 rings (SSSR count). The summed E-state index contributed by atoms with van der Waals surface area (Å²) >= 11 is 12.5. The number of hydrogen-bond acceptors (Lipinski definition) is 2. The van der Waals surface area contributed by atoms with Gasteiger partial charge in [-0.3, -0.25) is 0 Å². The fourth-order valence-corrected chi connectivity index (χ4v) is 5.10. The van der Waals surface area contributed by atoms with Gasteiger partial charge < -0.3 is 14.6 Å². The first-order valence-corrected chi connectivity index (χ1v) is 10.4. The molecule has 0 radical (unpaired) electrons. The monoisotopic (exact) mass is 404 g/mol. The van der Waals surface area contributed by atoms with Crippen LogP contribution in [0.2, 0.25) is 10.0 Å². The second kappa shape index (κ2) is 7.63. The summed E-state index contributed by atoms with van der Waals surface area (Å²) in [6, 6.07) is 11.8. The van der Waals surface area contributed by atoms with Crippen LogP contribution in [0.25, 0.3) is 21.8 Å². The molecule has 3 aromatic rings. The molecule has 1 saturated heterocycles. The molecule has 1 N–H and O–H groups in total. The van der Waals surface area contributed by atoms with Crippen molar-refractivity contribution < 1.29 is 5.11 Å². The molecule has 0 unspecified atom stereocenters. The Bertz CT molecular complexity index is 899. The van der Waals surface area contributed by atoms with E-state index in [2.05, 4.69) is 23.3 Å². The zero-order chi connectivity index (χ0) is 19.1. The topological polar surface area (TPSA) is 28.4 Å². The average Bonchev–Trinajstić information content (AvgIpc) is 2.86. The maximum Gasteiger partial charge on any atom is 0.0845 e. The molecule has 0 spiro atoms. The number of nitrogens with zero attached hydrogens (tertiary/aromatic N) is 2. The fourth-order valence-electron chi connectivity index (χ4n) is 4.75. The lowest BCUT2D eigenvalue weighted by Gasteiger charge is -2.36. The van der Waals surface area contributed by atoms with Gasteiger partial charge in [0, 0.05) is 51.5 Å². The van der Waals surface area contributed by atoms with E-state index in [9.17, 15) is 5.11 Å². The van der Waals surface area contributed by atoms with Crippen LogP contribution < -0.4 is 0 Å². The highest BCUT2D eigenvalue weighted by molar-refractivity contribution is 6.33. The molecule has 2 aromatic carbocycles. The van der Waals surface area contributed by atoms with Crippen molar-refractivity contribution in [2.24, 2.45) is 11.8 Å². The Morgan fingerprint density at radius 2 is 1.44 bits per heavy atom. The SMILES string of the molecule is C[C@H]1C[C@H](C)CN(C[C@H](O)Cn2c3ccc(Cl)cc3c3cc(Cl)ccc32)C1. The van der Waals surface area contributed by atoms with Crippen molar-refractivity contribution in [2.45, 2.75) is 32.9 Å². The number of fused-ring (bicyclic) bond motifs is 3. The number of aliphatic hydroxyl groups excluding tert-OH is 1. The smallest absolute Gasteiger partial charge is 0.0845 e. The number of hydrogen-bond donors (Lipinski definition) is 1. The van der Waals surface area contributed by atoms with E-state index >= 15 is 0 Å². The molecule has 1 aliphatic rings. The number of benzene rings is 2. The van der Waals surface area contributed by atoms with Gasteiger partial charge in [0.1, 0.15) is 0 Å².